The van der Waals surface area contributed by atoms with Crippen LogP contribution >= 0.6 is 11.6 Å². The van der Waals surface area contributed by atoms with Gasteiger partial charge in [-0.15, -0.1) is 0 Å². The molecule has 1 fully saturated rings. The zero-order valence-electron chi connectivity index (χ0n) is 15.3. The van der Waals surface area contributed by atoms with E-state index in [1.54, 1.807) is 12.1 Å². The molecule has 0 unspecified atom stereocenters. The highest BCUT2D eigenvalue weighted by molar-refractivity contribution is 6.29. The fourth-order valence-electron chi connectivity index (χ4n) is 2.85. The van der Waals surface area contributed by atoms with E-state index in [2.05, 4.69) is 21.8 Å². The first-order valence-corrected chi connectivity index (χ1v) is 9.07. The largest absolute Gasteiger partial charge is 0.481 e. The maximum atomic E-state index is 12.7. The maximum Gasteiger partial charge on any atom is 0.254 e. The number of methoxy groups -OCH3 is 1. The standard InChI is InChI=1S/C21H20ClN3O2/c1-15-5-3-7-18(23-15)8-4-6-16-9-11-25(12-10-16)21(26)17-13-19(22)24-20(14-17)27-2/h3,5-7,13-14H,9-12H2,1-2H3. The lowest BCUT2D eigenvalue weighted by Gasteiger charge is -2.28. The lowest BCUT2D eigenvalue weighted by atomic mass is 10.0. The first-order valence-electron chi connectivity index (χ1n) is 8.69. The number of carbonyl (C=O) groups excluding carboxylic acids is 1. The number of allylic oxidation sites excluding steroid dienone is 1. The van der Waals surface area contributed by atoms with Crippen LogP contribution < -0.4 is 4.74 Å². The van der Waals surface area contributed by atoms with E-state index < -0.39 is 0 Å². The smallest absolute Gasteiger partial charge is 0.254 e. The van der Waals surface area contributed by atoms with Crippen molar-refractivity contribution in [3.05, 3.63) is 64.1 Å². The number of hydrogen-bond acceptors (Lipinski definition) is 4. The molecular formula is C21H20ClN3O2. The second kappa shape index (κ2) is 8.70. The average Bonchev–Trinajstić information content (AvgIpc) is 2.67. The number of likely N-dealkylation sites (tertiary alicyclic amines) is 1. The van der Waals surface area contributed by atoms with Gasteiger partial charge in [-0.1, -0.05) is 29.2 Å². The molecule has 27 heavy (non-hydrogen) atoms. The summed E-state index contributed by atoms with van der Waals surface area (Å²) in [5.41, 5.74) is 3.45. The summed E-state index contributed by atoms with van der Waals surface area (Å²) in [7, 11) is 1.50. The van der Waals surface area contributed by atoms with Gasteiger partial charge in [-0.05, 0) is 50.0 Å². The quantitative estimate of drug-likeness (QED) is 0.588. The summed E-state index contributed by atoms with van der Waals surface area (Å²) in [6, 6.07) is 8.97. The molecule has 6 heteroatoms. The number of hydrogen-bond donors (Lipinski definition) is 0. The van der Waals surface area contributed by atoms with E-state index in [1.807, 2.05) is 36.1 Å². The Morgan fingerprint density at radius 3 is 2.74 bits per heavy atom. The van der Waals surface area contributed by atoms with Gasteiger partial charge in [0.25, 0.3) is 5.91 Å². The van der Waals surface area contributed by atoms with Crippen LogP contribution in [0.25, 0.3) is 0 Å². The van der Waals surface area contributed by atoms with Gasteiger partial charge in [0.2, 0.25) is 5.88 Å². The number of ether oxygens (including phenoxy) is 1. The molecule has 0 atom stereocenters. The van der Waals surface area contributed by atoms with Crippen LogP contribution in [0.4, 0.5) is 0 Å². The number of pyridine rings is 2. The molecule has 0 spiro atoms. The van der Waals surface area contributed by atoms with Crippen LogP contribution in [-0.2, 0) is 0 Å². The lowest BCUT2D eigenvalue weighted by Crippen LogP contribution is -2.36. The monoisotopic (exact) mass is 381 g/mol. The number of aryl methyl sites for hydroxylation is 1. The van der Waals surface area contributed by atoms with Crippen molar-refractivity contribution in [2.24, 2.45) is 0 Å². The molecule has 1 aliphatic rings. The van der Waals surface area contributed by atoms with E-state index in [0.29, 0.717) is 24.5 Å². The number of rotatable bonds is 2. The summed E-state index contributed by atoms with van der Waals surface area (Å²) in [5, 5.41) is 0.246. The number of piperidine rings is 1. The lowest BCUT2D eigenvalue weighted by molar-refractivity contribution is 0.0743. The third-order valence-corrected chi connectivity index (χ3v) is 4.48. The molecular weight excluding hydrogens is 362 g/mol. The topological polar surface area (TPSA) is 55.3 Å². The molecule has 2 aromatic rings. The highest BCUT2D eigenvalue weighted by atomic mass is 35.5. The van der Waals surface area contributed by atoms with Crippen LogP contribution in [0.1, 0.15) is 34.6 Å². The van der Waals surface area contributed by atoms with E-state index in [-0.39, 0.29) is 11.1 Å². The third-order valence-electron chi connectivity index (χ3n) is 4.28. The normalized spacial score (nSPS) is 13.6. The van der Waals surface area contributed by atoms with Crippen molar-refractivity contribution < 1.29 is 9.53 Å². The Labute approximate surface area is 164 Å². The Morgan fingerprint density at radius 2 is 2.04 bits per heavy atom. The molecule has 0 aliphatic carbocycles. The molecule has 1 saturated heterocycles. The first-order chi connectivity index (χ1) is 13.0. The number of carbonyl (C=O) groups is 1. The second-order valence-electron chi connectivity index (χ2n) is 6.25. The molecule has 5 nitrogen and oxygen atoms in total. The van der Waals surface area contributed by atoms with Gasteiger partial charge < -0.3 is 9.64 Å². The molecule has 1 aliphatic heterocycles. The van der Waals surface area contributed by atoms with Gasteiger partial charge in [0.1, 0.15) is 10.8 Å². The van der Waals surface area contributed by atoms with Crippen molar-refractivity contribution in [2.75, 3.05) is 20.2 Å². The number of aromatic nitrogens is 2. The Kier molecular flexibility index (Phi) is 6.10. The summed E-state index contributed by atoms with van der Waals surface area (Å²) < 4.78 is 5.08. The average molecular weight is 382 g/mol. The molecule has 0 saturated carbocycles. The van der Waals surface area contributed by atoms with Crippen LogP contribution in [0.2, 0.25) is 5.15 Å². The molecule has 2 aromatic heterocycles. The molecule has 0 radical (unpaired) electrons. The van der Waals surface area contributed by atoms with Crippen molar-refractivity contribution in [2.45, 2.75) is 19.8 Å². The SMILES string of the molecule is COc1cc(C(=O)N2CCC(=CC#Cc3cccc(C)n3)CC2)cc(Cl)n1. The zero-order chi connectivity index (χ0) is 19.2. The van der Waals surface area contributed by atoms with Crippen LogP contribution in [0, 0.1) is 18.8 Å². The Bertz CT molecular complexity index is 934. The third kappa shape index (κ3) is 5.08. The molecule has 3 heterocycles. The number of amides is 1. The molecule has 0 bridgehead atoms. The highest BCUT2D eigenvalue weighted by Gasteiger charge is 2.21. The summed E-state index contributed by atoms with van der Waals surface area (Å²) in [6.45, 7) is 3.25. The van der Waals surface area contributed by atoms with Crippen molar-refractivity contribution in [3.8, 4) is 17.7 Å². The van der Waals surface area contributed by atoms with Crippen LogP contribution in [-0.4, -0.2) is 41.0 Å². The summed E-state index contributed by atoms with van der Waals surface area (Å²) in [6.07, 6.45) is 3.55. The van der Waals surface area contributed by atoms with Crippen molar-refractivity contribution >= 4 is 17.5 Å². The van der Waals surface area contributed by atoms with Gasteiger partial charge in [0.15, 0.2) is 0 Å². The molecule has 0 aromatic carbocycles. The zero-order valence-corrected chi connectivity index (χ0v) is 16.1. The number of halogens is 1. The summed E-state index contributed by atoms with van der Waals surface area (Å²) in [4.78, 5) is 22.9. The highest BCUT2D eigenvalue weighted by Crippen LogP contribution is 2.21. The first kappa shape index (κ1) is 18.9. The summed E-state index contributed by atoms with van der Waals surface area (Å²) in [5.74, 6) is 6.41. The van der Waals surface area contributed by atoms with Gasteiger partial charge in [-0.3, -0.25) is 4.79 Å². The number of nitrogens with zero attached hydrogens (tertiary/aromatic N) is 3. The minimum atomic E-state index is -0.0632. The van der Waals surface area contributed by atoms with Gasteiger partial charge in [0, 0.05) is 30.4 Å². The van der Waals surface area contributed by atoms with Gasteiger partial charge >= 0.3 is 0 Å². The molecule has 3 rings (SSSR count). The molecule has 138 valence electrons. The van der Waals surface area contributed by atoms with E-state index >= 15 is 0 Å². The Morgan fingerprint density at radius 1 is 1.26 bits per heavy atom. The minimum absolute atomic E-state index is 0.0632. The Balaban J connectivity index is 1.62. The predicted octanol–water partition coefficient (Wildman–Crippen LogP) is 3.66. The van der Waals surface area contributed by atoms with Crippen LogP contribution in [0.15, 0.2) is 42.0 Å². The van der Waals surface area contributed by atoms with E-state index in [0.717, 1.165) is 24.2 Å². The van der Waals surface area contributed by atoms with Crippen molar-refractivity contribution in [1.82, 2.24) is 14.9 Å². The minimum Gasteiger partial charge on any atom is -0.481 e. The van der Waals surface area contributed by atoms with E-state index in [1.165, 1.54) is 12.7 Å². The van der Waals surface area contributed by atoms with E-state index in [9.17, 15) is 4.79 Å². The molecule has 1 amide bonds. The van der Waals surface area contributed by atoms with Gasteiger partial charge in [-0.25, -0.2) is 9.97 Å². The van der Waals surface area contributed by atoms with Crippen LogP contribution in [0.5, 0.6) is 5.88 Å². The fourth-order valence-corrected chi connectivity index (χ4v) is 3.05. The predicted molar refractivity (Wildman–Crippen MR) is 105 cm³/mol. The Hall–Kier alpha value is -2.84. The van der Waals surface area contributed by atoms with Gasteiger partial charge in [-0.2, -0.15) is 0 Å². The fraction of sp³-hybridized carbons (Fsp3) is 0.286. The van der Waals surface area contributed by atoms with Crippen molar-refractivity contribution in [1.29, 1.82) is 0 Å². The summed E-state index contributed by atoms with van der Waals surface area (Å²) >= 11 is 5.96. The van der Waals surface area contributed by atoms with Crippen LogP contribution in [0.3, 0.4) is 0 Å². The van der Waals surface area contributed by atoms with Crippen molar-refractivity contribution in [3.63, 3.8) is 0 Å². The van der Waals surface area contributed by atoms with Gasteiger partial charge in [0.05, 0.1) is 7.11 Å². The molecule has 0 N–H and O–H groups in total. The maximum absolute atomic E-state index is 12.7. The van der Waals surface area contributed by atoms with E-state index in [4.69, 9.17) is 16.3 Å². The second-order valence-corrected chi connectivity index (χ2v) is 6.64.